The molecule has 1 aliphatic rings. The lowest BCUT2D eigenvalue weighted by atomic mass is 10.1. The van der Waals surface area contributed by atoms with E-state index in [2.05, 4.69) is 42.8 Å². The average Bonchev–Trinajstić information content (AvgIpc) is 2.29. The topological polar surface area (TPSA) is 25.4 Å². The van der Waals surface area contributed by atoms with Gasteiger partial charge in [0, 0.05) is 18.8 Å². The van der Waals surface area contributed by atoms with Crippen molar-refractivity contribution < 1.29 is 4.74 Å². The standard InChI is InChI=1S/C13H20N2O/c1-4-12-5-6-13(14-11(12)3)15-7-8-16-10(2)9-15/h5-6,10H,4,7-9H2,1-3H3/t10-/m1/s1. The molecule has 2 heterocycles. The number of hydrogen-bond acceptors (Lipinski definition) is 3. The molecule has 88 valence electrons. The molecule has 0 aromatic carbocycles. The minimum absolute atomic E-state index is 0.307. The van der Waals surface area contributed by atoms with Gasteiger partial charge in [0.2, 0.25) is 0 Å². The van der Waals surface area contributed by atoms with E-state index >= 15 is 0 Å². The summed E-state index contributed by atoms with van der Waals surface area (Å²) in [7, 11) is 0. The van der Waals surface area contributed by atoms with E-state index in [0.717, 1.165) is 37.6 Å². The summed E-state index contributed by atoms with van der Waals surface area (Å²) in [4.78, 5) is 6.98. The molecule has 0 radical (unpaired) electrons. The van der Waals surface area contributed by atoms with E-state index < -0.39 is 0 Å². The fraction of sp³-hybridized carbons (Fsp3) is 0.615. The number of aromatic nitrogens is 1. The number of nitrogens with zero attached hydrogens (tertiary/aromatic N) is 2. The molecule has 0 N–H and O–H groups in total. The highest BCUT2D eigenvalue weighted by Gasteiger charge is 2.18. The molecule has 16 heavy (non-hydrogen) atoms. The Labute approximate surface area is 97.4 Å². The third kappa shape index (κ3) is 2.35. The maximum Gasteiger partial charge on any atom is 0.128 e. The summed E-state index contributed by atoms with van der Waals surface area (Å²) in [6.07, 6.45) is 1.36. The Morgan fingerprint density at radius 3 is 2.94 bits per heavy atom. The van der Waals surface area contributed by atoms with Crippen LogP contribution in [0.15, 0.2) is 12.1 Å². The number of pyridine rings is 1. The molecular weight excluding hydrogens is 200 g/mol. The van der Waals surface area contributed by atoms with E-state index in [1.165, 1.54) is 5.56 Å². The van der Waals surface area contributed by atoms with Crippen LogP contribution >= 0.6 is 0 Å². The Bertz CT molecular complexity index is 365. The normalized spacial score (nSPS) is 21.2. The first-order chi connectivity index (χ1) is 7.70. The average molecular weight is 220 g/mol. The molecule has 3 heteroatoms. The third-order valence-electron chi connectivity index (χ3n) is 3.13. The van der Waals surface area contributed by atoms with Crippen LogP contribution in [0.1, 0.15) is 25.1 Å². The van der Waals surface area contributed by atoms with Gasteiger partial charge in [-0.25, -0.2) is 4.98 Å². The van der Waals surface area contributed by atoms with Gasteiger partial charge in [0.1, 0.15) is 5.82 Å². The molecule has 1 aliphatic heterocycles. The second-order valence-corrected chi connectivity index (χ2v) is 4.39. The van der Waals surface area contributed by atoms with Gasteiger partial charge < -0.3 is 9.64 Å². The SMILES string of the molecule is CCc1ccc(N2CCO[C@H](C)C2)nc1C. The van der Waals surface area contributed by atoms with E-state index in [1.54, 1.807) is 0 Å². The molecule has 0 saturated carbocycles. The molecule has 1 atom stereocenters. The lowest BCUT2D eigenvalue weighted by molar-refractivity contribution is 0.0529. The van der Waals surface area contributed by atoms with Crippen molar-refractivity contribution in [1.82, 2.24) is 4.98 Å². The van der Waals surface area contributed by atoms with Crippen molar-refractivity contribution in [3.63, 3.8) is 0 Å². The van der Waals surface area contributed by atoms with Crippen LogP contribution in [-0.2, 0) is 11.2 Å². The zero-order chi connectivity index (χ0) is 11.5. The van der Waals surface area contributed by atoms with Crippen LogP contribution in [0.5, 0.6) is 0 Å². The molecule has 1 aromatic rings. The molecule has 1 aromatic heterocycles. The van der Waals surface area contributed by atoms with Crippen LogP contribution in [0.2, 0.25) is 0 Å². The molecule has 0 bridgehead atoms. The summed E-state index contributed by atoms with van der Waals surface area (Å²) < 4.78 is 5.54. The molecule has 0 spiro atoms. The first kappa shape index (κ1) is 11.4. The summed E-state index contributed by atoms with van der Waals surface area (Å²) in [5.74, 6) is 1.09. The smallest absolute Gasteiger partial charge is 0.128 e. The highest BCUT2D eigenvalue weighted by molar-refractivity contribution is 5.42. The van der Waals surface area contributed by atoms with Gasteiger partial charge in [-0.3, -0.25) is 0 Å². The molecule has 3 nitrogen and oxygen atoms in total. The molecule has 0 aliphatic carbocycles. The molecule has 0 amide bonds. The fourth-order valence-electron chi connectivity index (χ4n) is 2.15. The number of hydrogen-bond donors (Lipinski definition) is 0. The van der Waals surface area contributed by atoms with Crippen molar-refractivity contribution in [2.75, 3.05) is 24.6 Å². The number of aryl methyl sites for hydroxylation is 2. The first-order valence-corrected chi connectivity index (χ1v) is 6.03. The van der Waals surface area contributed by atoms with Crippen molar-refractivity contribution in [3.8, 4) is 0 Å². The van der Waals surface area contributed by atoms with Gasteiger partial charge in [-0.05, 0) is 31.9 Å². The Balaban J connectivity index is 2.17. The van der Waals surface area contributed by atoms with Crippen molar-refractivity contribution >= 4 is 5.82 Å². The number of anilines is 1. The van der Waals surface area contributed by atoms with Gasteiger partial charge in [0.25, 0.3) is 0 Å². The minimum Gasteiger partial charge on any atom is -0.375 e. The van der Waals surface area contributed by atoms with E-state index in [-0.39, 0.29) is 0 Å². The van der Waals surface area contributed by atoms with Crippen LogP contribution in [0, 0.1) is 6.92 Å². The first-order valence-electron chi connectivity index (χ1n) is 6.03. The largest absolute Gasteiger partial charge is 0.375 e. The molecule has 0 unspecified atom stereocenters. The van der Waals surface area contributed by atoms with Gasteiger partial charge in [0.15, 0.2) is 0 Å². The second-order valence-electron chi connectivity index (χ2n) is 4.39. The molecular formula is C13H20N2O. The van der Waals surface area contributed by atoms with Crippen LogP contribution in [-0.4, -0.2) is 30.8 Å². The predicted molar refractivity (Wildman–Crippen MR) is 66.0 cm³/mol. The lowest BCUT2D eigenvalue weighted by Gasteiger charge is -2.32. The summed E-state index contributed by atoms with van der Waals surface area (Å²) in [5.41, 5.74) is 2.49. The van der Waals surface area contributed by atoms with Crippen LogP contribution in [0.3, 0.4) is 0 Å². The molecule has 1 fully saturated rings. The van der Waals surface area contributed by atoms with Gasteiger partial charge in [0.05, 0.1) is 12.7 Å². The highest BCUT2D eigenvalue weighted by Crippen LogP contribution is 2.17. The monoisotopic (exact) mass is 220 g/mol. The van der Waals surface area contributed by atoms with Crippen molar-refractivity contribution in [1.29, 1.82) is 0 Å². The summed E-state index contributed by atoms with van der Waals surface area (Å²) in [5, 5.41) is 0. The van der Waals surface area contributed by atoms with E-state index in [0.29, 0.717) is 6.10 Å². The Morgan fingerprint density at radius 2 is 2.31 bits per heavy atom. The minimum atomic E-state index is 0.307. The quantitative estimate of drug-likeness (QED) is 0.764. The second kappa shape index (κ2) is 4.83. The summed E-state index contributed by atoms with van der Waals surface area (Å²) in [6.45, 7) is 9.06. The van der Waals surface area contributed by atoms with E-state index in [9.17, 15) is 0 Å². The molecule has 1 saturated heterocycles. The maximum atomic E-state index is 5.54. The predicted octanol–water partition coefficient (Wildman–Crippen LogP) is 2.18. The van der Waals surface area contributed by atoms with Gasteiger partial charge in [-0.15, -0.1) is 0 Å². The zero-order valence-corrected chi connectivity index (χ0v) is 10.4. The van der Waals surface area contributed by atoms with Crippen LogP contribution in [0.25, 0.3) is 0 Å². The fourth-order valence-corrected chi connectivity index (χ4v) is 2.15. The van der Waals surface area contributed by atoms with E-state index in [4.69, 9.17) is 4.74 Å². The van der Waals surface area contributed by atoms with Crippen molar-refractivity contribution in [2.45, 2.75) is 33.3 Å². The Kier molecular flexibility index (Phi) is 3.44. The number of ether oxygens (including phenoxy) is 1. The van der Waals surface area contributed by atoms with Crippen LogP contribution in [0.4, 0.5) is 5.82 Å². The van der Waals surface area contributed by atoms with Gasteiger partial charge in [-0.1, -0.05) is 13.0 Å². The number of morpholine rings is 1. The Hall–Kier alpha value is -1.09. The molecule has 2 rings (SSSR count). The van der Waals surface area contributed by atoms with Crippen molar-refractivity contribution in [2.24, 2.45) is 0 Å². The third-order valence-corrected chi connectivity index (χ3v) is 3.13. The lowest BCUT2D eigenvalue weighted by Crippen LogP contribution is -2.41. The van der Waals surface area contributed by atoms with Crippen LogP contribution < -0.4 is 4.90 Å². The Morgan fingerprint density at radius 1 is 1.50 bits per heavy atom. The highest BCUT2D eigenvalue weighted by atomic mass is 16.5. The summed E-state index contributed by atoms with van der Waals surface area (Å²) in [6, 6.07) is 4.32. The summed E-state index contributed by atoms with van der Waals surface area (Å²) >= 11 is 0. The zero-order valence-electron chi connectivity index (χ0n) is 10.4. The van der Waals surface area contributed by atoms with Gasteiger partial charge in [-0.2, -0.15) is 0 Å². The van der Waals surface area contributed by atoms with Gasteiger partial charge >= 0.3 is 0 Å². The van der Waals surface area contributed by atoms with E-state index in [1.807, 2.05) is 0 Å². The van der Waals surface area contributed by atoms with Crippen molar-refractivity contribution in [3.05, 3.63) is 23.4 Å². The maximum absolute atomic E-state index is 5.54. The number of rotatable bonds is 2.